The summed E-state index contributed by atoms with van der Waals surface area (Å²) in [6.07, 6.45) is -2.18. The quantitative estimate of drug-likeness (QED) is 0.581. The molecule has 2 aromatic rings. The Balaban J connectivity index is 1.65. The summed E-state index contributed by atoms with van der Waals surface area (Å²) in [6, 6.07) is 13.3. The molecule has 31 heavy (non-hydrogen) atoms. The van der Waals surface area contributed by atoms with Crippen LogP contribution in [0.5, 0.6) is 0 Å². The maximum Gasteiger partial charge on any atom is 0.225 e. The molecule has 1 spiro atoms. The lowest BCUT2D eigenvalue weighted by Gasteiger charge is -2.47. The van der Waals surface area contributed by atoms with E-state index < -0.39 is 39.7 Å². The van der Waals surface area contributed by atoms with Gasteiger partial charge in [-0.15, -0.1) is 0 Å². The van der Waals surface area contributed by atoms with Crippen molar-refractivity contribution in [1.29, 1.82) is 0 Å². The Morgan fingerprint density at radius 3 is 2.48 bits per heavy atom. The molecule has 2 aromatic carbocycles. The van der Waals surface area contributed by atoms with Crippen LogP contribution in [0.3, 0.4) is 0 Å². The van der Waals surface area contributed by atoms with Crippen LogP contribution in [0.4, 0.5) is 0 Å². The van der Waals surface area contributed by atoms with Crippen molar-refractivity contribution in [2.75, 3.05) is 20.0 Å². The van der Waals surface area contributed by atoms with Crippen molar-refractivity contribution in [3.63, 3.8) is 0 Å². The van der Waals surface area contributed by atoms with Crippen LogP contribution in [0.15, 0.2) is 47.4 Å². The number of ether oxygens (including phenoxy) is 3. The third kappa shape index (κ3) is 3.93. The molecule has 0 bridgehead atoms. The van der Waals surface area contributed by atoms with Gasteiger partial charge in [-0.2, -0.15) is 0 Å². The second kappa shape index (κ2) is 8.29. The second-order valence-electron chi connectivity index (χ2n) is 8.25. The van der Waals surface area contributed by atoms with Crippen LogP contribution in [-0.4, -0.2) is 69.8 Å². The Kier molecular flexibility index (Phi) is 5.99. The normalized spacial score (nSPS) is 32.0. The van der Waals surface area contributed by atoms with E-state index in [2.05, 4.69) is 5.87 Å². The Morgan fingerprint density at radius 2 is 1.87 bits per heavy atom. The Bertz CT molecular complexity index is 1050. The summed E-state index contributed by atoms with van der Waals surface area (Å²) in [5, 5.41) is 31.2. The fraction of sp³-hybridized carbons (Fsp3) is 0.435. The van der Waals surface area contributed by atoms with Gasteiger partial charge in [0.25, 0.3) is 0 Å². The van der Waals surface area contributed by atoms with Crippen LogP contribution in [0, 0.1) is 0 Å². The molecule has 3 N–H and O–H groups in total. The average molecular weight is 449 g/mol. The highest BCUT2D eigenvalue weighted by atomic mass is 32.2. The zero-order valence-corrected chi connectivity index (χ0v) is 18.4. The molecule has 1 saturated heterocycles. The largest absolute Gasteiger partial charge is 0.394 e. The van der Waals surface area contributed by atoms with Crippen LogP contribution in [-0.2, 0) is 42.5 Å². The SMILES string of the molecule is C=S(C)(=O)c1ccc(Cc2ccc3c(c2)[C@]2(OC3)O[C@H](CO)[C@@H](OC)C(O)[C@H]2O)cc1. The molecule has 2 aliphatic rings. The van der Waals surface area contributed by atoms with E-state index in [1.54, 1.807) is 6.26 Å². The van der Waals surface area contributed by atoms with Gasteiger partial charge in [-0.3, -0.25) is 4.21 Å². The van der Waals surface area contributed by atoms with E-state index in [1.807, 2.05) is 42.5 Å². The standard InChI is InChI=1S/C23H28O7S/c1-28-21-19(12-24)30-23(22(26)20(21)25)18-11-15(4-7-16(18)13-29-23)10-14-5-8-17(9-6-14)31(2,3)27/h4-9,11,19-22,24-26H,2,10,12-13H2,1,3H3/t19-,20?,21-,22-,23+,31?/m1/s1. The van der Waals surface area contributed by atoms with E-state index in [0.717, 1.165) is 16.7 Å². The van der Waals surface area contributed by atoms with Gasteiger partial charge < -0.3 is 29.5 Å². The van der Waals surface area contributed by atoms with E-state index in [9.17, 15) is 19.5 Å². The molecule has 2 aliphatic heterocycles. The monoisotopic (exact) mass is 448 g/mol. The minimum Gasteiger partial charge on any atom is -0.394 e. The zero-order valence-electron chi connectivity index (χ0n) is 17.6. The summed E-state index contributed by atoms with van der Waals surface area (Å²) in [5.74, 6) is 2.14. The third-order valence-electron chi connectivity index (χ3n) is 6.02. The van der Waals surface area contributed by atoms with Crippen molar-refractivity contribution in [3.8, 4) is 0 Å². The molecule has 0 aliphatic carbocycles. The lowest BCUT2D eigenvalue weighted by molar-refractivity contribution is -0.370. The van der Waals surface area contributed by atoms with E-state index in [0.29, 0.717) is 16.9 Å². The number of benzene rings is 2. The molecule has 6 atom stereocenters. The van der Waals surface area contributed by atoms with Crippen molar-refractivity contribution in [2.45, 2.75) is 48.1 Å². The molecule has 1 fully saturated rings. The van der Waals surface area contributed by atoms with Crippen LogP contribution >= 0.6 is 0 Å². The number of methoxy groups -OCH3 is 1. The molecule has 0 saturated carbocycles. The van der Waals surface area contributed by atoms with E-state index in [1.165, 1.54) is 7.11 Å². The molecule has 7 nitrogen and oxygen atoms in total. The van der Waals surface area contributed by atoms with Gasteiger partial charge in [0.2, 0.25) is 5.79 Å². The lowest BCUT2D eigenvalue weighted by Crippen LogP contribution is -2.64. The van der Waals surface area contributed by atoms with Crippen LogP contribution in [0.2, 0.25) is 0 Å². The average Bonchev–Trinajstić information content (AvgIpc) is 3.10. The van der Waals surface area contributed by atoms with Crippen molar-refractivity contribution in [2.24, 2.45) is 0 Å². The number of hydrogen-bond acceptors (Lipinski definition) is 7. The van der Waals surface area contributed by atoms with Gasteiger partial charge in [-0.25, -0.2) is 0 Å². The first-order valence-corrected chi connectivity index (χ1v) is 12.2. The van der Waals surface area contributed by atoms with Crippen LogP contribution < -0.4 is 0 Å². The molecular weight excluding hydrogens is 420 g/mol. The summed E-state index contributed by atoms with van der Waals surface area (Å²) >= 11 is 0. The van der Waals surface area contributed by atoms with Gasteiger partial charge in [-0.05, 0) is 56.7 Å². The maximum absolute atomic E-state index is 12.1. The number of hydrogen-bond donors (Lipinski definition) is 3. The minimum absolute atomic E-state index is 0.220. The first-order valence-electron chi connectivity index (χ1n) is 10.0. The number of aliphatic hydroxyl groups excluding tert-OH is 3. The van der Waals surface area contributed by atoms with Crippen LogP contribution in [0.1, 0.15) is 22.3 Å². The van der Waals surface area contributed by atoms with Crippen LogP contribution in [0.25, 0.3) is 0 Å². The molecule has 2 unspecified atom stereocenters. The molecule has 4 rings (SSSR count). The number of fused-ring (bicyclic) bond motifs is 2. The van der Waals surface area contributed by atoms with Crippen molar-refractivity contribution < 1.29 is 33.7 Å². The molecule has 2 heterocycles. The Labute approximate surface area is 182 Å². The molecular formula is C23H28O7S. The Hall–Kier alpha value is -1.78. The lowest BCUT2D eigenvalue weighted by atomic mass is 9.86. The summed E-state index contributed by atoms with van der Waals surface area (Å²) in [6.45, 7) is -0.167. The predicted molar refractivity (Wildman–Crippen MR) is 116 cm³/mol. The van der Waals surface area contributed by atoms with Gasteiger partial charge in [0.1, 0.15) is 24.4 Å². The maximum atomic E-state index is 12.1. The minimum atomic E-state index is -2.26. The summed E-state index contributed by atoms with van der Waals surface area (Å²) in [5.41, 5.74) is 3.47. The van der Waals surface area contributed by atoms with Gasteiger partial charge in [0.15, 0.2) is 0 Å². The molecule has 0 aromatic heterocycles. The predicted octanol–water partition coefficient (Wildman–Crippen LogP) is 0.793. The zero-order chi connectivity index (χ0) is 22.4. The molecule has 0 amide bonds. The summed E-state index contributed by atoms with van der Waals surface area (Å²) < 4.78 is 29.2. The first kappa shape index (κ1) is 22.4. The Morgan fingerprint density at radius 1 is 1.19 bits per heavy atom. The van der Waals surface area contributed by atoms with Crippen molar-refractivity contribution in [1.82, 2.24) is 0 Å². The van der Waals surface area contributed by atoms with Crippen molar-refractivity contribution in [3.05, 3.63) is 64.7 Å². The van der Waals surface area contributed by atoms with E-state index >= 15 is 0 Å². The second-order valence-corrected chi connectivity index (χ2v) is 10.7. The molecule has 8 heteroatoms. The molecule has 168 valence electrons. The smallest absolute Gasteiger partial charge is 0.225 e. The summed E-state index contributed by atoms with van der Waals surface area (Å²) in [4.78, 5) is 0.702. The third-order valence-corrected chi connectivity index (χ3v) is 7.29. The van der Waals surface area contributed by atoms with Crippen molar-refractivity contribution >= 4 is 15.4 Å². The highest BCUT2D eigenvalue weighted by Crippen LogP contribution is 2.46. The molecule has 0 radical (unpaired) electrons. The van der Waals surface area contributed by atoms with Gasteiger partial charge >= 0.3 is 0 Å². The number of rotatable bonds is 5. The van der Waals surface area contributed by atoms with E-state index in [4.69, 9.17) is 14.2 Å². The number of aliphatic hydroxyl groups is 3. The summed E-state index contributed by atoms with van der Waals surface area (Å²) in [7, 11) is -0.868. The fourth-order valence-electron chi connectivity index (χ4n) is 4.34. The first-order chi connectivity index (χ1) is 14.7. The highest BCUT2D eigenvalue weighted by Gasteiger charge is 2.58. The van der Waals surface area contributed by atoms with E-state index in [-0.39, 0.29) is 13.2 Å². The fourth-order valence-corrected chi connectivity index (χ4v) is 5.05. The van der Waals surface area contributed by atoms with Gasteiger partial charge in [-0.1, -0.05) is 24.3 Å². The topological polar surface area (TPSA) is 105 Å². The van der Waals surface area contributed by atoms with Gasteiger partial charge in [0, 0.05) is 23.8 Å². The highest BCUT2D eigenvalue weighted by molar-refractivity contribution is 7.99. The van der Waals surface area contributed by atoms with Gasteiger partial charge in [0.05, 0.1) is 13.2 Å².